The summed E-state index contributed by atoms with van der Waals surface area (Å²) in [6.45, 7) is 7.20. The molecule has 25 heavy (non-hydrogen) atoms. The van der Waals surface area contributed by atoms with Crippen molar-refractivity contribution in [3.63, 3.8) is 0 Å². The zero-order chi connectivity index (χ0) is 17.6. The summed E-state index contributed by atoms with van der Waals surface area (Å²) in [6, 6.07) is 18.7. The van der Waals surface area contributed by atoms with Crippen molar-refractivity contribution < 1.29 is 4.79 Å². The Hall–Kier alpha value is -1.94. The van der Waals surface area contributed by atoms with Crippen LogP contribution < -0.4 is 4.90 Å². The molecule has 1 fully saturated rings. The molecular formula is C21H26N2OS. The van der Waals surface area contributed by atoms with Gasteiger partial charge in [0, 0.05) is 31.1 Å². The predicted molar refractivity (Wildman–Crippen MR) is 107 cm³/mol. The fourth-order valence-corrected chi connectivity index (χ4v) is 4.59. The SMILES string of the molecule is CCN(CC)c1ccc(C2SCCN2C(=O)Cc2ccccc2)cc1. The molecule has 0 radical (unpaired) electrons. The number of thioether (sulfide) groups is 1. The Bertz CT molecular complexity index is 683. The Labute approximate surface area is 155 Å². The molecule has 1 amide bonds. The zero-order valence-corrected chi connectivity index (χ0v) is 15.8. The van der Waals surface area contributed by atoms with E-state index in [1.807, 2.05) is 47.0 Å². The van der Waals surface area contributed by atoms with Crippen LogP contribution in [0.1, 0.15) is 30.3 Å². The number of carbonyl (C=O) groups is 1. The topological polar surface area (TPSA) is 23.6 Å². The van der Waals surface area contributed by atoms with E-state index >= 15 is 0 Å². The van der Waals surface area contributed by atoms with Crippen molar-refractivity contribution in [2.24, 2.45) is 0 Å². The number of benzene rings is 2. The van der Waals surface area contributed by atoms with Gasteiger partial charge >= 0.3 is 0 Å². The first-order valence-corrected chi connectivity index (χ1v) is 10.1. The number of hydrogen-bond donors (Lipinski definition) is 0. The van der Waals surface area contributed by atoms with Gasteiger partial charge in [0.2, 0.25) is 5.91 Å². The van der Waals surface area contributed by atoms with Crippen molar-refractivity contribution in [3.05, 3.63) is 65.7 Å². The molecule has 1 aliphatic heterocycles. The van der Waals surface area contributed by atoms with Crippen LogP contribution in [0, 0.1) is 0 Å². The molecule has 0 saturated carbocycles. The summed E-state index contributed by atoms with van der Waals surface area (Å²) in [5, 5.41) is 0.141. The van der Waals surface area contributed by atoms with Gasteiger partial charge in [0.15, 0.2) is 0 Å². The molecule has 2 aromatic carbocycles. The van der Waals surface area contributed by atoms with E-state index in [-0.39, 0.29) is 11.3 Å². The van der Waals surface area contributed by atoms with E-state index < -0.39 is 0 Å². The van der Waals surface area contributed by atoms with Crippen molar-refractivity contribution in [2.45, 2.75) is 25.6 Å². The van der Waals surface area contributed by atoms with Crippen LogP contribution in [0.15, 0.2) is 54.6 Å². The zero-order valence-electron chi connectivity index (χ0n) is 15.0. The summed E-state index contributed by atoms with van der Waals surface area (Å²) in [7, 11) is 0. The fraction of sp³-hybridized carbons (Fsp3) is 0.381. The summed E-state index contributed by atoms with van der Waals surface area (Å²) >= 11 is 1.86. The second-order valence-electron chi connectivity index (χ2n) is 6.24. The third-order valence-electron chi connectivity index (χ3n) is 4.72. The van der Waals surface area contributed by atoms with E-state index in [1.165, 1.54) is 11.3 Å². The number of rotatable bonds is 6. The maximum atomic E-state index is 12.8. The van der Waals surface area contributed by atoms with Crippen LogP contribution in [-0.4, -0.2) is 36.2 Å². The molecule has 1 unspecified atom stereocenters. The van der Waals surface area contributed by atoms with E-state index in [9.17, 15) is 4.79 Å². The number of anilines is 1. The van der Waals surface area contributed by atoms with Crippen LogP contribution >= 0.6 is 11.8 Å². The van der Waals surface area contributed by atoms with Crippen molar-refractivity contribution >= 4 is 23.4 Å². The van der Waals surface area contributed by atoms with Gasteiger partial charge in [-0.3, -0.25) is 4.79 Å². The quantitative estimate of drug-likeness (QED) is 0.770. The molecule has 1 atom stereocenters. The average molecular weight is 355 g/mol. The molecule has 1 aliphatic rings. The fourth-order valence-electron chi connectivity index (χ4n) is 3.31. The van der Waals surface area contributed by atoms with E-state index in [2.05, 4.69) is 43.0 Å². The van der Waals surface area contributed by atoms with Gasteiger partial charge in [-0.15, -0.1) is 11.8 Å². The Morgan fingerprint density at radius 1 is 1.08 bits per heavy atom. The summed E-state index contributed by atoms with van der Waals surface area (Å²) in [4.78, 5) is 17.1. The first kappa shape index (κ1) is 17.9. The van der Waals surface area contributed by atoms with Crippen LogP contribution in [0.3, 0.4) is 0 Å². The summed E-state index contributed by atoms with van der Waals surface area (Å²) in [5.74, 6) is 1.22. The standard InChI is InChI=1S/C21H26N2OS/c1-3-22(4-2)19-12-10-18(11-13-19)21-23(14-15-25-21)20(24)16-17-8-6-5-7-9-17/h5-13,21H,3-4,14-16H2,1-2H3. The molecule has 1 heterocycles. The second-order valence-corrected chi connectivity index (χ2v) is 7.42. The lowest BCUT2D eigenvalue weighted by molar-refractivity contribution is -0.130. The van der Waals surface area contributed by atoms with Crippen LogP contribution in [0.25, 0.3) is 0 Å². The maximum Gasteiger partial charge on any atom is 0.228 e. The van der Waals surface area contributed by atoms with Crippen molar-refractivity contribution in [1.29, 1.82) is 0 Å². The Kier molecular flexibility index (Phi) is 6.03. The van der Waals surface area contributed by atoms with Gasteiger partial charge in [0.1, 0.15) is 5.37 Å². The molecule has 1 saturated heterocycles. The Morgan fingerprint density at radius 3 is 2.40 bits per heavy atom. The highest BCUT2D eigenvalue weighted by molar-refractivity contribution is 7.99. The van der Waals surface area contributed by atoms with Gasteiger partial charge in [-0.2, -0.15) is 0 Å². The molecule has 2 aromatic rings. The Morgan fingerprint density at radius 2 is 1.76 bits per heavy atom. The van der Waals surface area contributed by atoms with Crippen molar-refractivity contribution in [2.75, 3.05) is 30.3 Å². The number of carbonyl (C=O) groups excluding carboxylic acids is 1. The van der Waals surface area contributed by atoms with E-state index in [1.54, 1.807) is 0 Å². The van der Waals surface area contributed by atoms with Gasteiger partial charge in [0.25, 0.3) is 0 Å². The minimum absolute atomic E-state index is 0.141. The molecular weight excluding hydrogens is 328 g/mol. The first-order valence-electron chi connectivity index (χ1n) is 9.02. The van der Waals surface area contributed by atoms with Gasteiger partial charge in [-0.1, -0.05) is 42.5 Å². The lowest BCUT2D eigenvalue weighted by atomic mass is 10.1. The highest BCUT2D eigenvalue weighted by Crippen LogP contribution is 2.38. The largest absolute Gasteiger partial charge is 0.372 e. The van der Waals surface area contributed by atoms with Gasteiger partial charge in [-0.25, -0.2) is 0 Å². The van der Waals surface area contributed by atoms with Crippen LogP contribution in [0.2, 0.25) is 0 Å². The van der Waals surface area contributed by atoms with Crippen LogP contribution in [-0.2, 0) is 11.2 Å². The first-order chi connectivity index (χ1) is 12.2. The molecule has 0 aliphatic carbocycles. The number of hydrogen-bond acceptors (Lipinski definition) is 3. The Balaban J connectivity index is 1.71. The van der Waals surface area contributed by atoms with Gasteiger partial charge in [0.05, 0.1) is 6.42 Å². The van der Waals surface area contributed by atoms with Gasteiger partial charge in [-0.05, 0) is 37.1 Å². The van der Waals surface area contributed by atoms with Crippen molar-refractivity contribution in [3.8, 4) is 0 Å². The molecule has 0 spiro atoms. The monoisotopic (exact) mass is 354 g/mol. The molecule has 4 heteroatoms. The van der Waals surface area contributed by atoms with Crippen LogP contribution in [0.5, 0.6) is 0 Å². The lowest BCUT2D eigenvalue weighted by Gasteiger charge is -2.26. The number of nitrogens with zero attached hydrogens (tertiary/aromatic N) is 2. The summed E-state index contributed by atoms with van der Waals surface area (Å²) in [6.07, 6.45) is 0.482. The number of amides is 1. The average Bonchev–Trinajstić information content (AvgIpc) is 3.14. The normalized spacial score (nSPS) is 16.9. The third-order valence-corrected chi connectivity index (χ3v) is 5.98. The second kappa shape index (κ2) is 8.43. The predicted octanol–water partition coefficient (Wildman–Crippen LogP) is 4.35. The van der Waals surface area contributed by atoms with E-state index in [4.69, 9.17) is 0 Å². The molecule has 0 aromatic heterocycles. The van der Waals surface area contributed by atoms with Crippen LogP contribution in [0.4, 0.5) is 5.69 Å². The van der Waals surface area contributed by atoms with Gasteiger partial charge < -0.3 is 9.80 Å². The van der Waals surface area contributed by atoms with E-state index in [0.717, 1.165) is 31.0 Å². The summed E-state index contributed by atoms with van der Waals surface area (Å²) in [5.41, 5.74) is 3.55. The maximum absolute atomic E-state index is 12.8. The molecule has 3 nitrogen and oxygen atoms in total. The van der Waals surface area contributed by atoms with E-state index in [0.29, 0.717) is 6.42 Å². The third kappa shape index (κ3) is 4.18. The highest BCUT2D eigenvalue weighted by atomic mass is 32.2. The lowest BCUT2D eigenvalue weighted by Crippen LogP contribution is -2.31. The highest BCUT2D eigenvalue weighted by Gasteiger charge is 2.30. The minimum Gasteiger partial charge on any atom is -0.372 e. The summed E-state index contributed by atoms with van der Waals surface area (Å²) < 4.78 is 0. The molecule has 0 N–H and O–H groups in total. The smallest absolute Gasteiger partial charge is 0.228 e. The minimum atomic E-state index is 0.141. The molecule has 3 rings (SSSR count). The molecule has 132 valence electrons. The molecule has 0 bridgehead atoms. The van der Waals surface area contributed by atoms with Crippen molar-refractivity contribution in [1.82, 2.24) is 4.90 Å².